The van der Waals surface area contributed by atoms with E-state index in [1.807, 2.05) is 33.4 Å². The first kappa shape index (κ1) is 21.0. The highest BCUT2D eigenvalue weighted by Gasteiger charge is 2.26. The molecule has 1 fully saturated rings. The van der Waals surface area contributed by atoms with E-state index in [0.29, 0.717) is 28.6 Å². The second-order valence-electron chi connectivity index (χ2n) is 9.54. The molecule has 6 rings (SSSR count). The molecule has 6 heteroatoms. The van der Waals surface area contributed by atoms with Crippen molar-refractivity contribution < 1.29 is 0 Å². The molecule has 6 nitrogen and oxygen atoms in total. The number of aromatic nitrogens is 5. The smallest absolute Gasteiger partial charge is 0.265 e. The summed E-state index contributed by atoms with van der Waals surface area (Å²) in [7, 11) is 0. The van der Waals surface area contributed by atoms with E-state index in [-0.39, 0.29) is 11.6 Å². The number of hydrogen-bond acceptors (Lipinski definition) is 4. The van der Waals surface area contributed by atoms with Gasteiger partial charge in [-0.05, 0) is 62.1 Å². The van der Waals surface area contributed by atoms with Gasteiger partial charge in [-0.1, -0.05) is 44.4 Å². The molecule has 1 aliphatic rings. The predicted octanol–water partition coefficient (Wildman–Crippen LogP) is 5.97. The van der Waals surface area contributed by atoms with Crippen molar-refractivity contribution in [3.05, 3.63) is 69.8 Å². The Kier molecular flexibility index (Phi) is 4.97. The van der Waals surface area contributed by atoms with Crippen molar-refractivity contribution >= 4 is 33.2 Å². The van der Waals surface area contributed by atoms with Crippen molar-refractivity contribution in [1.82, 2.24) is 24.1 Å². The van der Waals surface area contributed by atoms with Gasteiger partial charge in [-0.25, -0.2) is 15.0 Å². The lowest BCUT2D eigenvalue weighted by molar-refractivity contribution is 0.337. The molecule has 3 aromatic heterocycles. The van der Waals surface area contributed by atoms with Crippen molar-refractivity contribution in [1.29, 1.82) is 0 Å². The van der Waals surface area contributed by atoms with Gasteiger partial charge in [0.1, 0.15) is 16.7 Å². The maximum atomic E-state index is 14.2. The summed E-state index contributed by atoms with van der Waals surface area (Å²) in [4.78, 5) is 29.2. The normalized spacial score (nSPS) is 15.0. The average molecular weight is 452 g/mol. The minimum absolute atomic E-state index is 0.0194. The van der Waals surface area contributed by atoms with Crippen LogP contribution in [0.1, 0.15) is 62.0 Å². The molecule has 0 bridgehead atoms. The zero-order chi connectivity index (χ0) is 23.4. The molecule has 0 radical (unpaired) electrons. The van der Waals surface area contributed by atoms with Crippen LogP contribution in [0.5, 0.6) is 0 Å². The molecule has 0 spiro atoms. The summed E-state index contributed by atoms with van der Waals surface area (Å²) in [6.07, 6.45) is 6.33. The first-order valence-corrected chi connectivity index (χ1v) is 12.4. The van der Waals surface area contributed by atoms with Crippen LogP contribution in [0.2, 0.25) is 0 Å². The minimum Gasteiger partial charge on any atom is -0.293 e. The van der Waals surface area contributed by atoms with Gasteiger partial charge in [0.25, 0.3) is 5.56 Å². The Labute approximate surface area is 198 Å². The van der Waals surface area contributed by atoms with Crippen LogP contribution in [0.25, 0.3) is 38.9 Å². The predicted molar refractivity (Wildman–Crippen MR) is 137 cm³/mol. The van der Waals surface area contributed by atoms with Crippen LogP contribution >= 0.6 is 0 Å². The molecule has 0 amide bonds. The van der Waals surface area contributed by atoms with Gasteiger partial charge in [-0.2, -0.15) is 0 Å². The summed E-state index contributed by atoms with van der Waals surface area (Å²) in [6, 6.07) is 14.4. The molecule has 5 aromatic rings. The second kappa shape index (κ2) is 8.05. The van der Waals surface area contributed by atoms with E-state index in [2.05, 4.69) is 39.0 Å². The molecular formula is C28H29N5O. The maximum Gasteiger partial charge on any atom is 0.265 e. The number of para-hydroxylation sites is 2. The number of benzene rings is 2. The van der Waals surface area contributed by atoms with Crippen LogP contribution in [0.15, 0.2) is 47.3 Å². The van der Waals surface area contributed by atoms with Gasteiger partial charge in [-0.15, -0.1) is 0 Å². The first-order chi connectivity index (χ1) is 16.6. The van der Waals surface area contributed by atoms with Gasteiger partial charge < -0.3 is 0 Å². The number of rotatable bonds is 3. The Bertz CT molecular complexity index is 1620. The van der Waals surface area contributed by atoms with E-state index < -0.39 is 0 Å². The van der Waals surface area contributed by atoms with Crippen LogP contribution in [0.3, 0.4) is 0 Å². The van der Waals surface area contributed by atoms with Crippen molar-refractivity contribution in [3.8, 4) is 5.69 Å². The third-order valence-corrected chi connectivity index (χ3v) is 7.39. The fourth-order valence-electron chi connectivity index (χ4n) is 5.42. The molecule has 1 saturated carbocycles. The van der Waals surface area contributed by atoms with Crippen molar-refractivity contribution in [2.24, 2.45) is 0 Å². The maximum absolute atomic E-state index is 14.2. The standard InChI is InChI=1S/C28H29N5O/c1-4-23-31-26-24(28(34)32(23)19-10-6-5-7-11-19)25-27(30-22-13-9-8-12-21(22)29-25)33(26)20-15-14-17(2)18(3)16-20/h8-9,12-16,19H,4-7,10-11H2,1-3H3. The molecule has 0 aliphatic heterocycles. The zero-order valence-electron chi connectivity index (χ0n) is 20.0. The summed E-state index contributed by atoms with van der Waals surface area (Å²) in [5, 5.41) is 0.578. The van der Waals surface area contributed by atoms with Gasteiger partial charge in [-0.3, -0.25) is 13.9 Å². The Balaban J connectivity index is 1.77. The quantitative estimate of drug-likeness (QED) is 0.339. The summed E-state index contributed by atoms with van der Waals surface area (Å²) < 4.78 is 4.00. The highest BCUT2D eigenvalue weighted by molar-refractivity contribution is 6.05. The molecule has 3 heterocycles. The van der Waals surface area contributed by atoms with Crippen LogP contribution in [0.4, 0.5) is 0 Å². The molecule has 34 heavy (non-hydrogen) atoms. The summed E-state index contributed by atoms with van der Waals surface area (Å²) in [5.74, 6) is 0.849. The fraction of sp³-hybridized carbons (Fsp3) is 0.357. The highest BCUT2D eigenvalue weighted by Crippen LogP contribution is 2.32. The van der Waals surface area contributed by atoms with Gasteiger partial charge in [0.15, 0.2) is 11.3 Å². The van der Waals surface area contributed by atoms with Crippen LogP contribution < -0.4 is 5.56 Å². The Morgan fingerprint density at radius 3 is 2.32 bits per heavy atom. The largest absolute Gasteiger partial charge is 0.293 e. The van der Waals surface area contributed by atoms with Crippen molar-refractivity contribution in [2.75, 3.05) is 0 Å². The zero-order valence-corrected chi connectivity index (χ0v) is 20.0. The molecule has 0 atom stereocenters. The van der Waals surface area contributed by atoms with Crippen molar-refractivity contribution in [3.63, 3.8) is 0 Å². The van der Waals surface area contributed by atoms with E-state index >= 15 is 0 Å². The summed E-state index contributed by atoms with van der Waals surface area (Å²) >= 11 is 0. The Morgan fingerprint density at radius 1 is 0.882 bits per heavy atom. The number of hydrogen-bond donors (Lipinski definition) is 0. The molecule has 172 valence electrons. The van der Waals surface area contributed by atoms with Crippen molar-refractivity contribution in [2.45, 2.75) is 65.3 Å². The number of nitrogens with zero attached hydrogens (tertiary/aromatic N) is 5. The van der Waals surface area contributed by atoms with Gasteiger partial charge in [0.05, 0.1) is 11.0 Å². The van der Waals surface area contributed by atoms with E-state index in [9.17, 15) is 4.79 Å². The van der Waals surface area contributed by atoms with Crippen LogP contribution in [0, 0.1) is 13.8 Å². The lowest BCUT2D eigenvalue weighted by Crippen LogP contribution is -2.30. The van der Waals surface area contributed by atoms with E-state index in [4.69, 9.17) is 15.0 Å². The van der Waals surface area contributed by atoms with Crippen LogP contribution in [-0.2, 0) is 6.42 Å². The van der Waals surface area contributed by atoms with Gasteiger partial charge >= 0.3 is 0 Å². The van der Waals surface area contributed by atoms with Crippen LogP contribution in [-0.4, -0.2) is 24.1 Å². The fourth-order valence-corrected chi connectivity index (χ4v) is 5.42. The molecule has 2 aromatic carbocycles. The second-order valence-corrected chi connectivity index (χ2v) is 9.54. The topological polar surface area (TPSA) is 65.6 Å². The summed E-state index contributed by atoms with van der Waals surface area (Å²) in [6.45, 7) is 6.30. The molecule has 0 unspecified atom stereocenters. The first-order valence-electron chi connectivity index (χ1n) is 12.4. The third-order valence-electron chi connectivity index (χ3n) is 7.39. The lowest BCUT2D eigenvalue weighted by Gasteiger charge is -2.26. The Morgan fingerprint density at radius 2 is 1.62 bits per heavy atom. The number of aryl methyl sites for hydroxylation is 3. The minimum atomic E-state index is 0.0194. The SMILES string of the molecule is CCc1nc2c(c(=O)n1C1CCCCC1)c1nc3ccccc3nc1n2-c1ccc(C)c(C)c1. The highest BCUT2D eigenvalue weighted by atomic mass is 16.1. The van der Waals surface area contributed by atoms with E-state index in [1.54, 1.807) is 0 Å². The monoisotopic (exact) mass is 451 g/mol. The van der Waals surface area contributed by atoms with E-state index in [0.717, 1.165) is 48.2 Å². The summed E-state index contributed by atoms with van der Waals surface area (Å²) in [5.41, 5.74) is 6.96. The number of fused-ring (bicyclic) bond motifs is 4. The molecule has 1 aliphatic carbocycles. The van der Waals surface area contributed by atoms with Gasteiger partial charge in [0, 0.05) is 18.2 Å². The van der Waals surface area contributed by atoms with Gasteiger partial charge in [0.2, 0.25) is 0 Å². The Hall–Kier alpha value is -3.54. The molecule has 0 saturated heterocycles. The lowest BCUT2D eigenvalue weighted by atomic mass is 9.95. The van der Waals surface area contributed by atoms with E-state index in [1.165, 1.54) is 17.5 Å². The molecular weight excluding hydrogens is 422 g/mol. The molecule has 0 N–H and O–H groups in total. The average Bonchev–Trinajstić information content (AvgIpc) is 3.17. The third kappa shape index (κ3) is 3.16.